The van der Waals surface area contributed by atoms with Crippen molar-refractivity contribution in [1.29, 1.82) is 0 Å². The Labute approximate surface area is 106 Å². The second-order valence-electron chi connectivity index (χ2n) is 4.98. The van der Waals surface area contributed by atoms with E-state index < -0.39 is 0 Å². The molecule has 3 rings (SSSR count). The molecule has 0 aromatic carbocycles. The number of nitrogens with one attached hydrogen (secondary N) is 1. The third-order valence-electron chi connectivity index (χ3n) is 4.05. The van der Waals surface area contributed by atoms with Crippen molar-refractivity contribution in [2.24, 2.45) is 0 Å². The van der Waals surface area contributed by atoms with Gasteiger partial charge in [0.1, 0.15) is 6.17 Å². The van der Waals surface area contributed by atoms with Crippen LogP contribution in [0.4, 0.5) is 0 Å². The average molecular weight is 250 g/mol. The molecule has 2 heterocycles. The fourth-order valence-corrected chi connectivity index (χ4v) is 3.83. The van der Waals surface area contributed by atoms with Gasteiger partial charge in [-0.15, -0.1) is 0 Å². The zero-order valence-corrected chi connectivity index (χ0v) is 10.9. The molecule has 2 fully saturated rings. The largest absolute Gasteiger partial charge is 0.322 e. The summed E-state index contributed by atoms with van der Waals surface area (Å²) in [6, 6.07) is 2.12. The third kappa shape index (κ3) is 1.62. The maximum Gasteiger partial charge on any atom is 0.244 e. The molecule has 1 aromatic heterocycles. The molecule has 4 heteroatoms. The van der Waals surface area contributed by atoms with Gasteiger partial charge in [-0.25, -0.2) is 0 Å². The number of likely N-dealkylation sites (N-methyl/N-ethyl adjacent to an activating group) is 1. The Morgan fingerprint density at radius 1 is 1.53 bits per heavy atom. The molecule has 1 aliphatic heterocycles. The SMILES string of the molecule is CCN1C(=O)C2(CCCC2)NC1c1ccsc1. The van der Waals surface area contributed by atoms with E-state index in [2.05, 4.69) is 29.1 Å². The number of amides is 1. The summed E-state index contributed by atoms with van der Waals surface area (Å²) < 4.78 is 0. The normalized spacial score (nSPS) is 27.2. The number of thiophene rings is 1. The van der Waals surface area contributed by atoms with Crippen LogP contribution in [-0.2, 0) is 4.79 Å². The van der Waals surface area contributed by atoms with Crippen LogP contribution in [0.15, 0.2) is 16.8 Å². The molecule has 92 valence electrons. The van der Waals surface area contributed by atoms with Crippen molar-refractivity contribution in [3.63, 3.8) is 0 Å². The van der Waals surface area contributed by atoms with Crippen molar-refractivity contribution in [2.75, 3.05) is 6.54 Å². The van der Waals surface area contributed by atoms with Crippen LogP contribution >= 0.6 is 11.3 Å². The molecule has 1 atom stereocenters. The van der Waals surface area contributed by atoms with Gasteiger partial charge in [0.2, 0.25) is 5.91 Å². The number of hydrogen-bond acceptors (Lipinski definition) is 3. The van der Waals surface area contributed by atoms with E-state index >= 15 is 0 Å². The smallest absolute Gasteiger partial charge is 0.244 e. The lowest BCUT2D eigenvalue weighted by molar-refractivity contribution is -0.133. The first kappa shape index (κ1) is 11.2. The van der Waals surface area contributed by atoms with E-state index in [1.165, 1.54) is 18.4 Å². The molecule has 2 aliphatic rings. The summed E-state index contributed by atoms with van der Waals surface area (Å²) in [6.45, 7) is 2.85. The number of hydrogen-bond donors (Lipinski definition) is 1. The molecule has 1 amide bonds. The third-order valence-corrected chi connectivity index (χ3v) is 4.75. The Balaban J connectivity index is 1.93. The zero-order chi connectivity index (χ0) is 11.9. The first-order chi connectivity index (χ1) is 8.27. The summed E-state index contributed by atoms with van der Waals surface area (Å²) in [4.78, 5) is 14.5. The van der Waals surface area contributed by atoms with Gasteiger partial charge in [0, 0.05) is 6.54 Å². The summed E-state index contributed by atoms with van der Waals surface area (Å²) in [7, 11) is 0. The van der Waals surface area contributed by atoms with Crippen molar-refractivity contribution < 1.29 is 4.79 Å². The van der Waals surface area contributed by atoms with Gasteiger partial charge in [0.25, 0.3) is 0 Å². The number of rotatable bonds is 2. The van der Waals surface area contributed by atoms with Crippen LogP contribution in [-0.4, -0.2) is 22.9 Å². The van der Waals surface area contributed by atoms with Crippen LogP contribution < -0.4 is 5.32 Å². The topological polar surface area (TPSA) is 32.3 Å². The molecule has 1 aromatic rings. The van der Waals surface area contributed by atoms with Crippen LogP contribution in [0, 0.1) is 0 Å². The first-order valence-corrected chi connectivity index (χ1v) is 7.32. The highest BCUT2D eigenvalue weighted by Crippen LogP contribution is 2.40. The van der Waals surface area contributed by atoms with Gasteiger partial charge >= 0.3 is 0 Å². The minimum atomic E-state index is -0.247. The first-order valence-electron chi connectivity index (χ1n) is 6.38. The van der Waals surface area contributed by atoms with Gasteiger partial charge in [-0.1, -0.05) is 12.8 Å². The number of nitrogens with zero attached hydrogens (tertiary/aromatic N) is 1. The van der Waals surface area contributed by atoms with Crippen LogP contribution in [0.2, 0.25) is 0 Å². The minimum absolute atomic E-state index is 0.0943. The van der Waals surface area contributed by atoms with Crippen molar-refractivity contribution >= 4 is 17.2 Å². The second kappa shape index (κ2) is 4.10. The summed E-state index contributed by atoms with van der Waals surface area (Å²) in [5.74, 6) is 0.314. The predicted molar refractivity (Wildman–Crippen MR) is 68.8 cm³/mol. The number of carbonyl (C=O) groups excluding carboxylic acids is 1. The van der Waals surface area contributed by atoms with Crippen LogP contribution in [0.1, 0.15) is 44.3 Å². The van der Waals surface area contributed by atoms with Gasteiger partial charge in [-0.3, -0.25) is 10.1 Å². The molecule has 1 N–H and O–H groups in total. The van der Waals surface area contributed by atoms with Gasteiger partial charge in [-0.2, -0.15) is 11.3 Å². The van der Waals surface area contributed by atoms with Crippen LogP contribution in [0.5, 0.6) is 0 Å². The highest BCUT2D eigenvalue weighted by atomic mass is 32.1. The Kier molecular flexibility index (Phi) is 2.71. The van der Waals surface area contributed by atoms with Gasteiger partial charge in [0.05, 0.1) is 5.54 Å². The lowest BCUT2D eigenvalue weighted by atomic mass is 9.98. The highest BCUT2D eigenvalue weighted by Gasteiger charge is 2.52. The van der Waals surface area contributed by atoms with E-state index in [4.69, 9.17) is 0 Å². The molecule has 0 bridgehead atoms. The Morgan fingerprint density at radius 2 is 2.29 bits per heavy atom. The summed E-state index contributed by atoms with van der Waals surface area (Å²) >= 11 is 1.69. The van der Waals surface area contributed by atoms with Gasteiger partial charge in [0.15, 0.2) is 0 Å². The van der Waals surface area contributed by atoms with Crippen molar-refractivity contribution in [1.82, 2.24) is 10.2 Å². The van der Waals surface area contributed by atoms with E-state index in [1.54, 1.807) is 11.3 Å². The molecular weight excluding hydrogens is 232 g/mol. The summed E-state index contributed by atoms with van der Waals surface area (Å²) in [5, 5.41) is 7.82. The van der Waals surface area contributed by atoms with Crippen molar-refractivity contribution in [3.8, 4) is 0 Å². The molecule has 1 saturated heterocycles. The molecule has 17 heavy (non-hydrogen) atoms. The van der Waals surface area contributed by atoms with Gasteiger partial charge < -0.3 is 4.90 Å². The monoisotopic (exact) mass is 250 g/mol. The molecule has 0 radical (unpaired) electrons. The van der Waals surface area contributed by atoms with Gasteiger partial charge in [-0.05, 0) is 42.2 Å². The second-order valence-corrected chi connectivity index (χ2v) is 5.76. The molecule has 1 saturated carbocycles. The van der Waals surface area contributed by atoms with E-state index in [1.807, 2.05) is 4.90 Å². The highest BCUT2D eigenvalue weighted by molar-refractivity contribution is 7.07. The van der Waals surface area contributed by atoms with E-state index in [0.29, 0.717) is 5.91 Å². The fourth-order valence-electron chi connectivity index (χ4n) is 3.15. The van der Waals surface area contributed by atoms with Crippen molar-refractivity contribution in [3.05, 3.63) is 22.4 Å². The van der Waals surface area contributed by atoms with E-state index in [9.17, 15) is 4.79 Å². The maximum atomic E-state index is 12.5. The lowest BCUT2D eigenvalue weighted by Crippen LogP contribution is -2.43. The Hall–Kier alpha value is -0.870. The fraction of sp³-hybridized carbons (Fsp3) is 0.615. The van der Waals surface area contributed by atoms with Crippen molar-refractivity contribution in [2.45, 2.75) is 44.3 Å². The summed E-state index contributed by atoms with van der Waals surface area (Å²) in [6.07, 6.45) is 4.45. The molecule has 1 spiro atoms. The molecular formula is C13H18N2OS. The summed E-state index contributed by atoms with van der Waals surface area (Å²) in [5.41, 5.74) is 0.983. The van der Waals surface area contributed by atoms with E-state index in [0.717, 1.165) is 19.4 Å². The quantitative estimate of drug-likeness (QED) is 0.874. The predicted octanol–water partition coefficient (Wildman–Crippen LogP) is 2.51. The minimum Gasteiger partial charge on any atom is -0.322 e. The number of carbonyl (C=O) groups is 1. The molecule has 1 unspecified atom stereocenters. The van der Waals surface area contributed by atoms with Crippen LogP contribution in [0.3, 0.4) is 0 Å². The Bertz CT molecular complexity index is 409. The maximum absolute atomic E-state index is 12.5. The molecule has 1 aliphatic carbocycles. The Morgan fingerprint density at radius 3 is 2.88 bits per heavy atom. The van der Waals surface area contributed by atoms with Crippen LogP contribution in [0.25, 0.3) is 0 Å². The molecule has 3 nitrogen and oxygen atoms in total. The van der Waals surface area contributed by atoms with E-state index in [-0.39, 0.29) is 11.7 Å². The average Bonchev–Trinajstić information content (AvgIpc) is 3.04. The standard InChI is InChI=1S/C13H18N2OS/c1-2-15-11(10-5-8-17-9-10)14-13(12(15)16)6-3-4-7-13/h5,8-9,11,14H,2-4,6-7H2,1H3. The lowest BCUT2D eigenvalue weighted by Gasteiger charge is -2.21. The zero-order valence-electron chi connectivity index (χ0n) is 10.1.